The number of fused-ring (bicyclic) bond motifs is 1. The first-order valence-corrected chi connectivity index (χ1v) is 17.0. The monoisotopic (exact) mass is 645 g/mol. The Balaban J connectivity index is 1.41. The van der Waals surface area contributed by atoms with Gasteiger partial charge in [-0.3, -0.25) is 14.4 Å². The number of hydrogen-bond donors (Lipinski definition) is 1. The highest BCUT2D eigenvalue weighted by molar-refractivity contribution is 7.93. The number of benzene rings is 1. The minimum atomic E-state index is -3.58. The van der Waals surface area contributed by atoms with Gasteiger partial charge in [0.05, 0.1) is 30.1 Å². The summed E-state index contributed by atoms with van der Waals surface area (Å²) in [5, 5.41) is 4.14. The van der Waals surface area contributed by atoms with Gasteiger partial charge in [-0.1, -0.05) is 45.4 Å². The van der Waals surface area contributed by atoms with Crippen LogP contribution < -0.4 is 14.8 Å². The van der Waals surface area contributed by atoms with Crippen molar-refractivity contribution in [1.82, 2.24) is 15.2 Å². The number of nitrogens with one attached hydrogen (secondary N) is 1. The molecule has 3 aliphatic rings. The molecule has 1 aliphatic heterocycles. The molecule has 1 N–H and O–H groups in total. The van der Waals surface area contributed by atoms with Gasteiger partial charge >= 0.3 is 0 Å². The molecule has 2 amide bonds. The van der Waals surface area contributed by atoms with Crippen molar-refractivity contribution in [1.29, 1.82) is 0 Å². The first-order valence-electron chi connectivity index (χ1n) is 14.9. The average Bonchev–Trinajstić information content (AvgIpc) is 3.90. The Kier molecular flexibility index (Phi) is 8.52. The van der Waals surface area contributed by atoms with Gasteiger partial charge in [-0.15, -0.1) is 6.58 Å². The fraction of sp³-hybridized carbons (Fsp3) is 0.562. The summed E-state index contributed by atoms with van der Waals surface area (Å²) >= 11 is 6.41. The molecule has 3 fully saturated rings. The molecule has 5 atom stereocenters. The highest BCUT2D eigenvalue weighted by atomic mass is 35.5. The van der Waals surface area contributed by atoms with E-state index in [1.165, 1.54) is 11.1 Å². The summed E-state index contributed by atoms with van der Waals surface area (Å²) in [7, 11) is -2.02. The molecule has 0 bridgehead atoms. The number of sulfone groups is 1. The Hall–Kier alpha value is -3.18. The number of Topliss-reactive ketones (excluding diaryl/α,β-unsaturated/α-hetero) is 1. The Morgan fingerprint density at radius 2 is 1.95 bits per heavy atom. The molecule has 1 saturated heterocycles. The van der Waals surface area contributed by atoms with E-state index in [2.05, 4.69) is 16.9 Å². The van der Waals surface area contributed by atoms with Crippen molar-refractivity contribution in [3.05, 3.63) is 42.1 Å². The maximum atomic E-state index is 13.9. The molecule has 10 nitrogen and oxygen atoms in total. The zero-order valence-electron chi connectivity index (χ0n) is 25.8. The van der Waals surface area contributed by atoms with E-state index in [0.717, 1.165) is 0 Å². The van der Waals surface area contributed by atoms with Gasteiger partial charge in [0, 0.05) is 29.0 Å². The van der Waals surface area contributed by atoms with Crippen LogP contribution in [0.2, 0.25) is 5.02 Å². The molecule has 0 radical (unpaired) electrons. The summed E-state index contributed by atoms with van der Waals surface area (Å²) in [4.78, 5) is 47.1. The number of ether oxygens (including phenoxy) is 2. The number of carbonyl (C=O) groups is 3. The number of halogens is 1. The number of pyridine rings is 1. The van der Waals surface area contributed by atoms with Crippen LogP contribution in [0.1, 0.15) is 53.4 Å². The second-order valence-corrected chi connectivity index (χ2v) is 16.0. The highest BCUT2D eigenvalue weighted by Gasteiger charge is 2.61. The van der Waals surface area contributed by atoms with Gasteiger partial charge in [-0.25, -0.2) is 13.4 Å². The zero-order chi connectivity index (χ0) is 32.2. The standard InChI is InChI=1S/C32H40ClN3O7S/c1-7-19-14-32(19,27(37)17-44(40,41)22-9-10-22)35-28(38)26-13-21(16-36(26)30(39)18(2)31(3,4)5)43-29-23-11-8-20(42-6)12-24(23)25(33)15-34-29/h7-8,11-12,15,18-19,21-22,26H,1,9-10,13-14,16-17H2,2-6H3,(H,35,38)/t18-,19-,21-,26+,32-/m1/s1. The van der Waals surface area contributed by atoms with Crippen molar-refractivity contribution in [2.75, 3.05) is 19.4 Å². The molecule has 2 aliphatic carbocycles. The van der Waals surface area contributed by atoms with E-state index in [-0.39, 0.29) is 36.6 Å². The van der Waals surface area contributed by atoms with Gasteiger partial charge < -0.3 is 19.7 Å². The first-order chi connectivity index (χ1) is 20.6. The SMILES string of the molecule is C=C[C@@H]1C[C@]1(NC(=O)[C@@H]1C[C@@H](Oc2ncc(Cl)c3cc(OC)ccc23)CN1C(=O)[C@@H](C)C(C)(C)C)C(=O)CS(=O)(=O)C1CC1. The molecule has 238 valence electrons. The molecule has 1 aromatic heterocycles. The predicted molar refractivity (Wildman–Crippen MR) is 167 cm³/mol. The number of carbonyl (C=O) groups excluding carboxylic acids is 3. The molecule has 0 unspecified atom stereocenters. The lowest BCUT2D eigenvalue weighted by atomic mass is 9.81. The van der Waals surface area contributed by atoms with Crippen LogP contribution in [0.4, 0.5) is 0 Å². The molecular weight excluding hydrogens is 606 g/mol. The van der Waals surface area contributed by atoms with Gasteiger partial charge in [0.15, 0.2) is 15.6 Å². The minimum absolute atomic E-state index is 0.126. The van der Waals surface area contributed by atoms with E-state index in [4.69, 9.17) is 21.1 Å². The Morgan fingerprint density at radius 3 is 2.55 bits per heavy atom. The second kappa shape index (κ2) is 11.6. The number of ketones is 1. The van der Waals surface area contributed by atoms with Gasteiger partial charge in [0.2, 0.25) is 17.7 Å². The Morgan fingerprint density at radius 1 is 1.25 bits per heavy atom. The number of methoxy groups -OCH3 is 1. The number of nitrogens with zero attached hydrogens (tertiary/aromatic N) is 2. The fourth-order valence-corrected chi connectivity index (χ4v) is 7.72. The normalized spacial score (nSPS) is 25.8. The molecule has 2 heterocycles. The molecule has 12 heteroatoms. The van der Waals surface area contributed by atoms with E-state index in [1.54, 1.807) is 31.4 Å². The lowest BCUT2D eigenvalue weighted by Gasteiger charge is -2.33. The van der Waals surface area contributed by atoms with Crippen molar-refractivity contribution >= 4 is 49.8 Å². The van der Waals surface area contributed by atoms with Gasteiger partial charge in [0.1, 0.15) is 29.2 Å². The van der Waals surface area contributed by atoms with Crippen molar-refractivity contribution < 1.29 is 32.3 Å². The molecule has 2 saturated carbocycles. The molecule has 2 aromatic rings. The average molecular weight is 646 g/mol. The maximum absolute atomic E-state index is 13.9. The smallest absolute Gasteiger partial charge is 0.243 e. The van der Waals surface area contributed by atoms with Crippen LogP contribution in [0.3, 0.4) is 0 Å². The van der Waals surface area contributed by atoms with Crippen molar-refractivity contribution in [3.8, 4) is 11.6 Å². The molecule has 5 rings (SSSR count). The van der Waals surface area contributed by atoms with Crippen LogP contribution in [0.5, 0.6) is 11.6 Å². The van der Waals surface area contributed by atoms with E-state index < -0.39 is 56.1 Å². The van der Waals surface area contributed by atoms with Gasteiger partial charge in [-0.2, -0.15) is 0 Å². The lowest BCUT2D eigenvalue weighted by molar-refractivity contribution is -0.144. The van der Waals surface area contributed by atoms with Crippen LogP contribution in [-0.2, 0) is 24.2 Å². The lowest BCUT2D eigenvalue weighted by Crippen LogP contribution is -2.55. The van der Waals surface area contributed by atoms with Crippen molar-refractivity contribution in [2.24, 2.45) is 17.3 Å². The zero-order valence-corrected chi connectivity index (χ0v) is 27.3. The number of likely N-dealkylation sites (tertiary alicyclic amines) is 1. The first kappa shape index (κ1) is 32.2. The van der Waals surface area contributed by atoms with Crippen LogP contribution in [-0.4, -0.2) is 78.2 Å². The van der Waals surface area contributed by atoms with Gasteiger partial charge in [-0.05, 0) is 42.9 Å². The summed E-state index contributed by atoms with van der Waals surface area (Å²) in [5.41, 5.74) is -1.72. The number of amides is 2. The molecular formula is C32H40ClN3O7S. The van der Waals surface area contributed by atoms with Crippen molar-refractivity contribution in [3.63, 3.8) is 0 Å². The van der Waals surface area contributed by atoms with Gasteiger partial charge in [0.25, 0.3) is 0 Å². The third kappa shape index (κ3) is 6.18. The fourth-order valence-electron chi connectivity index (χ4n) is 5.80. The molecule has 1 aromatic carbocycles. The van der Waals surface area contributed by atoms with E-state index in [9.17, 15) is 22.8 Å². The quantitative estimate of drug-likeness (QED) is 0.361. The van der Waals surface area contributed by atoms with Crippen LogP contribution in [0.15, 0.2) is 37.1 Å². The van der Waals surface area contributed by atoms with E-state index >= 15 is 0 Å². The topological polar surface area (TPSA) is 132 Å². The van der Waals surface area contributed by atoms with Crippen LogP contribution in [0, 0.1) is 17.3 Å². The van der Waals surface area contributed by atoms with Crippen LogP contribution in [0.25, 0.3) is 10.8 Å². The van der Waals surface area contributed by atoms with Crippen LogP contribution >= 0.6 is 11.6 Å². The maximum Gasteiger partial charge on any atom is 0.243 e. The summed E-state index contributed by atoms with van der Waals surface area (Å²) in [6.45, 7) is 11.6. The third-order valence-corrected chi connectivity index (χ3v) is 11.8. The van der Waals surface area contributed by atoms with Crippen molar-refractivity contribution in [2.45, 2.75) is 76.3 Å². The minimum Gasteiger partial charge on any atom is -0.497 e. The second-order valence-electron chi connectivity index (χ2n) is 13.3. The number of aromatic nitrogens is 1. The summed E-state index contributed by atoms with van der Waals surface area (Å²) in [5.74, 6) is -1.78. The van der Waals surface area contributed by atoms with E-state index in [0.29, 0.717) is 40.3 Å². The number of hydrogen-bond acceptors (Lipinski definition) is 8. The highest BCUT2D eigenvalue weighted by Crippen LogP contribution is 2.46. The van der Waals surface area contributed by atoms with E-state index in [1.807, 2.05) is 27.7 Å². The predicted octanol–water partition coefficient (Wildman–Crippen LogP) is 4.13. The summed E-state index contributed by atoms with van der Waals surface area (Å²) in [6, 6.07) is 4.40. The third-order valence-electron chi connectivity index (χ3n) is 9.31. The Labute approximate surface area is 263 Å². The largest absolute Gasteiger partial charge is 0.497 e. The molecule has 0 spiro atoms. The number of rotatable bonds is 11. The molecule has 44 heavy (non-hydrogen) atoms. The summed E-state index contributed by atoms with van der Waals surface area (Å²) < 4.78 is 36.9. The summed E-state index contributed by atoms with van der Waals surface area (Å²) in [6.07, 6.45) is 3.99. The Bertz CT molecular complexity index is 1620.